The van der Waals surface area contributed by atoms with Crippen LogP contribution in [-0.4, -0.2) is 47.1 Å². The van der Waals surface area contributed by atoms with Crippen molar-refractivity contribution < 1.29 is 21.6 Å². The van der Waals surface area contributed by atoms with Crippen molar-refractivity contribution in [1.29, 1.82) is 0 Å². The minimum Gasteiger partial charge on any atom is -0.495 e. The van der Waals surface area contributed by atoms with Crippen molar-refractivity contribution in [3.8, 4) is 5.75 Å². The summed E-state index contributed by atoms with van der Waals surface area (Å²) in [5.74, 6) is 0.100. The summed E-state index contributed by atoms with van der Waals surface area (Å²) in [4.78, 5) is 0.127. The van der Waals surface area contributed by atoms with E-state index in [0.29, 0.717) is 18.6 Å². The summed E-state index contributed by atoms with van der Waals surface area (Å²) in [7, 11) is -5.75. The third kappa shape index (κ3) is 3.97. The van der Waals surface area contributed by atoms with Crippen LogP contribution in [0.25, 0.3) is 0 Å². The Morgan fingerprint density at radius 1 is 1.18 bits per heavy atom. The molecule has 7 nitrogen and oxygen atoms in total. The molecule has 0 unspecified atom stereocenters. The Balaban J connectivity index is 2.13. The van der Waals surface area contributed by atoms with Gasteiger partial charge in [0.2, 0.25) is 20.0 Å². The van der Waals surface area contributed by atoms with Gasteiger partial charge in [0.15, 0.2) is 0 Å². The monoisotopic (exact) mass is 348 g/mol. The molecular weight excluding hydrogens is 328 g/mol. The van der Waals surface area contributed by atoms with Crippen molar-refractivity contribution >= 4 is 20.0 Å². The van der Waals surface area contributed by atoms with Crippen LogP contribution in [-0.2, 0) is 20.0 Å². The minimum atomic E-state index is -3.64. The third-order valence-electron chi connectivity index (χ3n) is 3.73. The van der Waals surface area contributed by atoms with Gasteiger partial charge in [-0.25, -0.2) is 22.0 Å². The number of hydrogen-bond donors (Lipinski definition) is 1. The minimum absolute atomic E-state index is 0.0980. The molecule has 0 saturated carbocycles. The fourth-order valence-corrected chi connectivity index (χ4v) is 5.23. The zero-order valence-electron chi connectivity index (χ0n) is 12.3. The highest BCUT2D eigenvalue weighted by molar-refractivity contribution is 7.89. The molecular formula is C13H20N2O5S2. The van der Waals surface area contributed by atoms with Crippen LogP contribution >= 0.6 is 0 Å². The van der Waals surface area contributed by atoms with Gasteiger partial charge in [0.25, 0.3) is 0 Å². The zero-order chi connectivity index (χ0) is 16.4. The van der Waals surface area contributed by atoms with Gasteiger partial charge in [-0.2, -0.15) is 4.31 Å². The largest absolute Gasteiger partial charge is 0.495 e. The maximum absolute atomic E-state index is 12.7. The fourth-order valence-electron chi connectivity index (χ4n) is 2.62. The molecule has 2 N–H and O–H groups in total. The lowest BCUT2D eigenvalue weighted by molar-refractivity contribution is 0.288. The lowest BCUT2D eigenvalue weighted by atomic mass is 10.0. The second-order valence-electron chi connectivity index (χ2n) is 5.33. The second-order valence-corrected chi connectivity index (χ2v) is 8.89. The van der Waals surface area contributed by atoms with Crippen molar-refractivity contribution in [3.05, 3.63) is 24.3 Å². The quantitative estimate of drug-likeness (QED) is 0.828. The molecule has 0 aromatic heterocycles. The molecule has 0 aliphatic carbocycles. The molecule has 1 fully saturated rings. The summed E-state index contributed by atoms with van der Waals surface area (Å²) < 4.78 is 54.0. The van der Waals surface area contributed by atoms with E-state index >= 15 is 0 Å². The fraction of sp³-hybridized carbons (Fsp3) is 0.538. The Morgan fingerprint density at radius 3 is 2.32 bits per heavy atom. The van der Waals surface area contributed by atoms with E-state index in [4.69, 9.17) is 9.88 Å². The zero-order valence-corrected chi connectivity index (χ0v) is 13.9. The van der Waals surface area contributed by atoms with Gasteiger partial charge in [0, 0.05) is 13.1 Å². The summed E-state index contributed by atoms with van der Waals surface area (Å²) in [5, 5.41) is 5.04. The normalized spacial score (nSPS) is 18.3. The topological polar surface area (TPSA) is 107 Å². The summed E-state index contributed by atoms with van der Waals surface area (Å²) in [5.41, 5.74) is 0. The lowest BCUT2D eigenvalue weighted by Crippen LogP contribution is -2.40. The number of piperidine rings is 1. The molecule has 0 radical (unpaired) electrons. The van der Waals surface area contributed by atoms with Crippen LogP contribution in [0.5, 0.6) is 5.75 Å². The van der Waals surface area contributed by atoms with Crippen molar-refractivity contribution in [2.75, 3.05) is 26.0 Å². The van der Waals surface area contributed by atoms with E-state index in [-0.39, 0.29) is 29.7 Å². The van der Waals surface area contributed by atoms with Gasteiger partial charge in [-0.1, -0.05) is 12.1 Å². The van der Waals surface area contributed by atoms with E-state index in [1.807, 2.05) is 0 Å². The molecule has 22 heavy (non-hydrogen) atoms. The molecule has 1 saturated heterocycles. The Labute approximate surface area is 131 Å². The first kappa shape index (κ1) is 17.2. The second kappa shape index (κ2) is 6.53. The third-order valence-corrected chi connectivity index (χ3v) is 6.60. The number of rotatable bonds is 5. The Hall–Kier alpha value is -1.16. The van der Waals surface area contributed by atoms with Gasteiger partial charge in [-0.15, -0.1) is 0 Å². The smallest absolute Gasteiger partial charge is 0.246 e. The molecule has 0 amide bonds. The van der Waals surface area contributed by atoms with Gasteiger partial charge < -0.3 is 4.74 Å². The molecule has 1 heterocycles. The number of nitrogens with zero attached hydrogens (tertiary/aromatic N) is 1. The van der Waals surface area contributed by atoms with Crippen LogP contribution in [0.1, 0.15) is 12.8 Å². The molecule has 124 valence electrons. The number of primary sulfonamides is 1. The molecule has 0 atom stereocenters. The van der Waals surface area contributed by atoms with Gasteiger partial charge in [-0.3, -0.25) is 0 Å². The molecule has 1 aliphatic rings. The van der Waals surface area contributed by atoms with Crippen molar-refractivity contribution in [2.24, 2.45) is 11.1 Å². The number of hydrogen-bond acceptors (Lipinski definition) is 5. The van der Waals surface area contributed by atoms with Crippen LogP contribution < -0.4 is 9.88 Å². The number of ether oxygens (including phenoxy) is 1. The van der Waals surface area contributed by atoms with Crippen LogP contribution in [0.4, 0.5) is 0 Å². The van der Waals surface area contributed by atoms with Gasteiger partial charge in [0.05, 0.1) is 12.9 Å². The maximum Gasteiger partial charge on any atom is 0.246 e. The molecule has 1 aromatic carbocycles. The molecule has 0 bridgehead atoms. The highest BCUT2D eigenvalue weighted by Gasteiger charge is 2.32. The highest BCUT2D eigenvalue weighted by Crippen LogP contribution is 2.29. The predicted molar refractivity (Wildman–Crippen MR) is 82.5 cm³/mol. The van der Waals surface area contributed by atoms with Gasteiger partial charge in [-0.05, 0) is 30.9 Å². The van der Waals surface area contributed by atoms with Crippen LogP contribution in [0.15, 0.2) is 29.2 Å². The lowest BCUT2D eigenvalue weighted by Gasteiger charge is -2.31. The Bertz CT molecular complexity index is 723. The average Bonchev–Trinajstić information content (AvgIpc) is 2.46. The van der Waals surface area contributed by atoms with E-state index in [1.54, 1.807) is 18.2 Å². The summed E-state index contributed by atoms with van der Waals surface area (Å²) in [6.07, 6.45) is 0.954. The summed E-state index contributed by atoms with van der Waals surface area (Å²) in [6, 6.07) is 6.45. The van der Waals surface area contributed by atoms with Crippen molar-refractivity contribution in [2.45, 2.75) is 17.7 Å². The molecule has 1 aliphatic heterocycles. The van der Waals surface area contributed by atoms with Crippen LogP contribution in [0, 0.1) is 5.92 Å². The van der Waals surface area contributed by atoms with Crippen LogP contribution in [0.2, 0.25) is 0 Å². The van der Waals surface area contributed by atoms with E-state index in [1.165, 1.54) is 17.5 Å². The standard InChI is InChI=1S/C13H20N2O5S2/c1-20-12-4-2-3-5-13(12)22(18,19)15-8-6-11(7-9-15)10-21(14,16)17/h2-5,11H,6-10H2,1H3,(H2,14,16,17). The van der Waals surface area contributed by atoms with Gasteiger partial charge >= 0.3 is 0 Å². The summed E-state index contributed by atoms with van der Waals surface area (Å²) >= 11 is 0. The molecule has 0 spiro atoms. The van der Waals surface area contributed by atoms with E-state index in [2.05, 4.69) is 0 Å². The Morgan fingerprint density at radius 2 is 1.77 bits per heavy atom. The SMILES string of the molecule is COc1ccccc1S(=O)(=O)N1CCC(CS(N)(=O)=O)CC1. The van der Waals surface area contributed by atoms with Gasteiger partial charge in [0.1, 0.15) is 10.6 Å². The van der Waals surface area contributed by atoms with Crippen molar-refractivity contribution in [1.82, 2.24) is 4.31 Å². The number of methoxy groups -OCH3 is 1. The summed E-state index contributed by atoms with van der Waals surface area (Å²) in [6.45, 7) is 0.557. The Kier molecular flexibility index (Phi) is 5.10. The number of benzene rings is 1. The van der Waals surface area contributed by atoms with E-state index in [9.17, 15) is 16.8 Å². The number of nitrogens with two attached hydrogens (primary N) is 1. The molecule has 2 rings (SSSR count). The molecule has 9 heteroatoms. The highest BCUT2D eigenvalue weighted by atomic mass is 32.2. The average molecular weight is 348 g/mol. The predicted octanol–water partition coefficient (Wildman–Crippen LogP) is 0.384. The molecule has 1 aromatic rings. The maximum atomic E-state index is 12.7. The first-order valence-electron chi connectivity index (χ1n) is 6.87. The first-order valence-corrected chi connectivity index (χ1v) is 10.0. The van der Waals surface area contributed by atoms with Crippen LogP contribution in [0.3, 0.4) is 0 Å². The number of sulfonamides is 2. The van der Waals surface area contributed by atoms with Crippen molar-refractivity contribution in [3.63, 3.8) is 0 Å². The van der Waals surface area contributed by atoms with E-state index < -0.39 is 20.0 Å². The number of para-hydroxylation sites is 1. The first-order chi connectivity index (χ1) is 10.2. The van der Waals surface area contributed by atoms with E-state index in [0.717, 1.165) is 0 Å².